The molecule has 1 rings (SSSR count). The minimum atomic E-state index is -2.94. The summed E-state index contributed by atoms with van der Waals surface area (Å²) >= 11 is 0. The van der Waals surface area contributed by atoms with Crippen LogP contribution in [0.1, 0.15) is 179 Å². The van der Waals surface area contributed by atoms with Gasteiger partial charge in [0.15, 0.2) is 0 Å². The Kier molecular flexibility index (Phi) is 20.3. The molecule has 0 bridgehead atoms. The molecule has 0 unspecified atom stereocenters. The number of carbonyl (C=O) groups is 2. The monoisotopic (exact) mass is 685 g/mol. The van der Waals surface area contributed by atoms with Gasteiger partial charge in [0, 0.05) is 0 Å². The molecule has 1 aromatic rings. The van der Waals surface area contributed by atoms with Crippen LogP contribution in [-0.2, 0) is 9.05 Å². The van der Waals surface area contributed by atoms with Crippen molar-refractivity contribution in [3.05, 3.63) is 23.8 Å². The van der Waals surface area contributed by atoms with Crippen molar-refractivity contribution in [2.24, 2.45) is 0 Å². The molecule has 1 aromatic heterocycles. The van der Waals surface area contributed by atoms with E-state index >= 15 is 0 Å². The van der Waals surface area contributed by atoms with Crippen molar-refractivity contribution < 1.29 is 18.6 Å². The molecule has 0 amide bonds. The van der Waals surface area contributed by atoms with E-state index in [2.05, 4.69) is 65.4 Å². The summed E-state index contributed by atoms with van der Waals surface area (Å²) in [5, 5.41) is 0. The summed E-state index contributed by atoms with van der Waals surface area (Å²) in [4.78, 5) is 38.0. The van der Waals surface area contributed by atoms with Crippen LogP contribution in [0.15, 0.2) is 12.4 Å². The Bertz CT molecular complexity index is 852. The first-order valence-corrected chi connectivity index (χ1v) is 25.2. The molecular weight excluding hydrogens is 610 g/mol. The average Bonchev–Trinajstić information content (AvgIpc) is 3.08. The van der Waals surface area contributed by atoms with E-state index in [0.29, 0.717) is 0 Å². The summed E-state index contributed by atoms with van der Waals surface area (Å²) in [5.74, 6) is -0.914. The quantitative estimate of drug-likeness (QED) is 0.0818. The Labute approximate surface area is 284 Å². The number of hydrogen-bond donors (Lipinski definition) is 0. The molecule has 0 saturated heterocycles. The van der Waals surface area contributed by atoms with Gasteiger partial charge in [-0.3, -0.25) is 0 Å². The first-order chi connectivity index (χ1) is 22.1. The molecule has 8 heteroatoms. The van der Waals surface area contributed by atoms with Crippen LogP contribution in [0, 0.1) is 0 Å². The van der Waals surface area contributed by atoms with E-state index < -0.39 is 25.6 Å². The van der Waals surface area contributed by atoms with Crippen molar-refractivity contribution >= 4 is 25.6 Å². The molecule has 0 aliphatic heterocycles. The van der Waals surface area contributed by atoms with Crippen LogP contribution in [0.5, 0.6) is 0 Å². The van der Waals surface area contributed by atoms with Crippen LogP contribution in [0.2, 0.25) is 0 Å². The molecule has 0 radical (unpaired) electrons. The van der Waals surface area contributed by atoms with Crippen molar-refractivity contribution in [3.8, 4) is 0 Å². The van der Waals surface area contributed by atoms with Crippen LogP contribution >= 0.6 is 13.7 Å². The fourth-order valence-corrected chi connectivity index (χ4v) is 20.8. The van der Waals surface area contributed by atoms with E-state index in [0.717, 1.165) is 152 Å². The third kappa shape index (κ3) is 12.4. The van der Waals surface area contributed by atoms with Crippen LogP contribution in [0.4, 0.5) is 0 Å². The van der Waals surface area contributed by atoms with E-state index in [1.54, 1.807) is 0 Å². The zero-order valence-electron chi connectivity index (χ0n) is 31.5. The van der Waals surface area contributed by atoms with Crippen molar-refractivity contribution in [1.29, 1.82) is 0 Å². The van der Waals surface area contributed by atoms with Gasteiger partial charge in [-0.15, -0.1) is 0 Å². The summed E-state index contributed by atoms with van der Waals surface area (Å²) in [6.45, 7) is 11.9. The molecule has 46 heavy (non-hydrogen) atoms. The van der Waals surface area contributed by atoms with Gasteiger partial charge in [-0.25, -0.2) is 0 Å². The summed E-state index contributed by atoms with van der Waals surface area (Å²) in [6.07, 6.45) is 27.7. The number of hydrogen-bond acceptors (Lipinski definition) is 6. The molecule has 0 aromatic carbocycles. The molecule has 270 valence electrons. The van der Waals surface area contributed by atoms with E-state index in [9.17, 15) is 9.59 Å². The molecule has 6 nitrogen and oxygen atoms in total. The van der Waals surface area contributed by atoms with Gasteiger partial charge < -0.3 is 0 Å². The second-order valence-electron chi connectivity index (χ2n) is 14.3. The molecule has 0 atom stereocenters. The van der Waals surface area contributed by atoms with Gasteiger partial charge >= 0.3 is 285 Å². The number of rotatable bonds is 28. The first kappa shape index (κ1) is 42.9. The number of carbonyl (C=O) groups excluding carboxylic acids is 2. The fourth-order valence-electron chi connectivity index (χ4n) is 7.36. The second-order valence-corrected chi connectivity index (χ2v) is 25.7. The molecule has 0 spiro atoms. The number of unbranched alkanes of at least 4 members (excludes halogenated alkanes) is 8. The van der Waals surface area contributed by atoms with Crippen LogP contribution < -0.4 is 0 Å². The van der Waals surface area contributed by atoms with E-state index in [1.807, 2.05) is 0 Å². The van der Waals surface area contributed by atoms with Gasteiger partial charge in [-0.2, -0.15) is 0 Å². The molecule has 0 fully saturated rings. The minimum absolute atomic E-state index is 0.0519. The van der Waals surface area contributed by atoms with E-state index in [4.69, 9.17) is 9.05 Å². The van der Waals surface area contributed by atoms with E-state index in [1.165, 1.54) is 12.4 Å². The third-order valence-corrected chi connectivity index (χ3v) is 23.3. The van der Waals surface area contributed by atoms with Crippen molar-refractivity contribution in [3.63, 3.8) is 0 Å². The predicted octanol–water partition coefficient (Wildman–Crippen LogP) is 12.1. The van der Waals surface area contributed by atoms with Crippen LogP contribution in [-0.4, -0.2) is 71.2 Å². The Morgan fingerprint density at radius 2 is 0.630 bits per heavy atom. The van der Waals surface area contributed by atoms with Gasteiger partial charge in [0.2, 0.25) is 0 Å². The Balaban J connectivity index is 3.78. The number of aromatic nitrogens is 2. The normalized spacial score (nSPS) is 13.8. The molecule has 1 heterocycles. The summed E-state index contributed by atoms with van der Waals surface area (Å²) in [6, 6.07) is 0. The Morgan fingerprint density at radius 3 is 0.804 bits per heavy atom. The summed E-state index contributed by atoms with van der Waals surface area (Å²) < 4.78 is 14.0. The average molecular weight is 685 g/mol. The molecule has 0 N–H and O–H groups in total. The summed E-state index contributed by atoms with van der Waals surface area (Å²) in [7, 11) is 0. The van der Waals surface area contributed by atoms with Gasteiger partial charge in [-0.05, 0) is 0 Å². The fraction of sp³-hybridized carbons (Fsp3) is 0.842. The van der Waals surface area contributed by atoms with Gasteiger partial charge in [0.25, 0.3) is 0 Å². The van der Waals surface area contributed by atoms with Crippen LogP contribution in [0.25, 0.3) is 0 Å². The number of nitrogens with zero attached hydrogens (tertiary/aromatic N) is 2. The molecular formula is C38H74N2O4P2. The maximum absolute atomic E-state index is 14.5. The zero-order valence-corrected chi connectivity index (χ0v) is 33.3. The van der Waals surface area contributed by atoms with Crippen LogP contribution in [0.3, 0.4) is 0 Å². The molecule has 0 saturated carbocycles. The summed E-state index contributed by atoms with van der Waals surface area (Å²) in [5.41, 5.74) is 0.104. The van der Waals surface area contributed by atoms with Crippen molar-refractivity contribution in [2.75, 3.05) is 49.3 Å². The topological polar surface area (TPSA) is 78.4 Å². The first-order valence-electron chi connectivity index (χ1n) is 19.4. The standard InChI is InChI=1S/C38H74N2O4P2/c1-9-17-27-45(28-18-10-2,29-19-11-3,30-20-12-4)43-37(41)35-36(40-26-25-39-35)38(42)44-46(31-21-13-5,32-22-14-6,33-23-15-7)34-24-16-8/h25-26H,9-24,27-34H2,1-8H3. The zero-order chi connectivity index (χ0) is 34.4. The molecule has 0 aliphatic carbocycles. The second kappa shape index (κ2) is 21.8. The van der Waals surface area contributed by atoms with Gasteiger partial charge in [0.05, 0.1) is 0 Å². The van der Waals surface area contributed by atoms with Gasteiger partial charge in [0.1, 0.15) is 0 Å². The SMILES string of the molecule is CCCCP(CCCC)(CCCC)(CCCC)OC(=O)c1nccnc1C(=O)OP(CCCC)(CCCC)(CCCC)CCCC. The predicted molar refractivity (Wildman–Crippen MR) is 205 cm³/mol. The Morgan fingerprint density at radius 1 is 0.435 bits per heavy atom. The Hall–Kier alpha value is -1.12. The molecule has 0 aliphatic rings. The van der Waals surface area contributed by atoms with Gasteiger partial charge in [-0.1, -0.05) is 0 Å². The maximum atomic E-state index is 14.5. The van der Waals surface area contributed by atoms with E-state index in [-0.39, 0.29) is 11.4 Å². The van der Waals surface area contributed by atoms with Crippen molar-refractivity contribution in [2.45, 2.75) is 158 Å². The third-order valence-electron chi connectivity index (χ3n) is 10.4. The van der Waals surface area contributed by atoms with Crippen molar-refractivity contribution in [1.82, 2.24) is 9.97 Å².